The van der Waals surface area contributed by atoms with Crippen LogP contribution in [0.5, 0.6) is 0 Å². The van der Waals surface area contributed by atoms with Gasteiger partial charge in [0.1, 0.15) is 0 Å². The SMILES string of the molecule is CNCC1(OC(C(F)(F)F)C(F)(F)F)CCC(C)CC1. The number of likely N-dealkylation sites (N-methyl/N-ethyl adjacent to an activating group) is 1. The number of ether oxygens (including phenoxy) is 1. The van der Waals surface area contributed by atoms with Crippen molar-refractivity contribution in [2.75, 3.05) is 13.6 Å². The standard InChI is InChI=1S/C12H19F6NO/c1-8-3-5-10(6-4-8,7-19-2)20-9(11(13,14)15)12(16,17)18/h8-9,19H,3-7H2,1-2H3. The average molecular weight is 307 g/mol. The molecule has 0 aromatic rings. The van der Waals surface area contributed by atoms with Crippen molar-refractivity contribution in [2.45, 2.75) is 56.7 Å². The molecule has 1 fully saturated rings. The molecule has 2 nitrogen and oxygen atoms in total. The van der Waals surface area contributed by atoms with E-state index in [9.17, 15) is 26.3 Å². The first-order chi connectivity index (χ1) is 9.00. The molecule has 0 atom stereocenters. The largest absolute Gasteiger partial charge is 0.423 e. The fraction of sp³-hybridized carbons (Fsp3) is 1.00. The molecule has 0 saturated heterocycles. The van der Waals surface area contributed by atoms with Gasteiger partial charge in [-0.15, -0.1) is 0 Å². The number of hydrogen-bond acceptors (Lipinski definition) is 2. The van der Waals surface area contributed by atoms with Crippen molar-refractivity contribution in [1.82, 2.24) is 5.32 Å². The summed E-state index contributed by atoms with van der Waals surface area (Å²) in [6.07, 6.45) is -13.1. The molecule has 0 bridgehead atoms. The van der Waals surface area contributed by atoms with Gasteiger partial charge in [-0.25, -0.2) is 0 Å². The second kappa shape index (κ2) is 6.09. The van der Waals surface area contributed by atoms with E-state index in [-0.39, 0.29) is 19.4 Å². The number of halogens is 6. The van der Waals surface area contributed by atoms with Crippen molar-refractivity contribution in [3.05, 3.63) is 0 Å². The van der Waals surface area contributed by atoms with Gasteiger partial charge in [-0.05, 0) is 38.6 Å². The van der Waals surface area contributed by atoms with Crippen molar-refractivity contribution in [3.63, 3.8) is 0 Å². The average Bonchev–Trinajstić information content (AvgIpc) is 2.27. The van der Waals surface area contributed by atoms with E-state index in [1.165, 1.54) is 7.05 Å². The van der Waals surface area contributed by atoms with Gasteiger partial charge in [-0.3, -0.25) is 0 Å². The van der Waals surface area contributed by atoms with Gasteiger partial charge in [-0.1, -0.05) is 6.92 Å². The highest BCUT2D eigenvalue weighted by Gasteiger charge is 2.60. The van der Waals surface area contributed by atoms with Crippen molar-refractivity contribution < 1.29 is 31.1 Å². The Balaban J connectivity index is 2.92. The van der Waals surface area contributed by atoms with Crippen LogP contribution in [0.4, 0.5) is 26.3 Å². The molecule has 1 aliphatic rings. The topological polar surface area (TPSA) is 21.3 Å². The van der Waals surface area contributed by atoms with E-state index in [2.05, 4.69) is 10.1 Å². The lowest BCUT2D eigenvalue weighted by atomic mass is 9.79. The number of rotatable bonds is 4. The molecule has 1 rings (SSSR count). The van der Waals surface area contributed by atoms with E-state index in [1.807, 2.05) is 6.92 Å². The second-order valence-corrected chi connectivity index (χ2v) is 5.48. The molecular weight excluding hydrogens is 288 g/mol. The summed E-state index contributed by atoms with van der Waals surface area (Å²) in [4.78, 5) is 0. The van der Waals surface area contributed by atoms with Crippen LogP contribution in [0.25, 0.3) is 0 Å². The first-order valence-electron chi connectivity index (χ1n) is 6.46. The maximum atomic E-state index is 12.6. The van der Waals surface area contributed by atoms with E-state index >= 15 is 0 Å². The summed E-state index contributed by atoms with van der Waals surface area (Å²) in [5.74, 6) is 0.291. The van der Waals surface area contributed by atoms with Crippen LogP contribution in [0.15, 0.2) is 0 Å². The van der Waals surface area contributed by atoms with Crippen LogP contribution >= 0.6 is 0 Å². The normalized spacial score (nSPS) is 28.9. The molecule has 0 unspecified atom stereocenters. The Kier molecular flexibility index (Phi) is 5.34. The van der Waals surface area contributed by atoms with E-state index in [0.29, 0.717) is 18.8 Å². The quantitative estimate of drug-likeness (QED) is 0.800. The van der Waals surface area contributed by atoms with Gasteiger partial charge in [0.15, 0.2) is 0 Å². The van der Waals surface area contributed by atoms with Crippen LogP contribution in [0.2, 0.25) is 0 Å². The molecule has 20 heavy (non-hydrogen) atoms. The summed E-state index contributed by atoms with van der Waals surface area (Å²) in [7, 11) is 1.49. The lowest BCUT2D eigenvalue weighted by Crippen LogP contribution is -2.54. The Hall–Kier alpha value is -0.500. The molecular formula is C12H19F6NO. The van der Waals surface area contributed by atoms with Crippen LogP contribution in [0.3, 0.4) is 0 Å². The van der Waals surface area contributed by atoms with E-state index in [4.69, 9.17) is 0 Å². The van der Waals surface area contributed by atoms with E-state index < -0.39 is 24.1 Å². The van der Waals surface area contributed by atoms with Crippen molar-refractivity contribution in [3.8, 4) is 0 Å². The van der Waals surface area contributed by atoms with Crippen molar-refractivity contribution in [2.24, 2.45) is 5.92 Å². The fourth-order valence-corrected chi connectivity index (χ4v) is 2.52. The molecule has 0 aliphatic heterocycles. The van der Waals surface area contributed by atoms with Crippen molar-refractivity contribution in [1.29, 1.82) is 0 Å². The van der Waals surface area contributed by atoms with Crippen LogP contribution in [-0.4, -0.2) is 37.7 Å². The third kappa shape index (κ3) is 4.51. The molecule has 1 aliphatic carbocycles. The summed E-state index contributed by atoms with van der Waals surface area (Å²) in [6.45, 7) is 1.90. The van der Waals surface area contributed by atoms with Crippen LogP contribution in [0.1, 0.15) is 32.6 Å². The Morgan fingerprint density at radius 1 is 1.10 bits per heavy atom. The maximum absolute atomic E-state index is 12.6. The van der Waals surface area contributed by atoms with Crippen molar-refractivity contribution >= 4 is 0 Å². The second-order valence-electron chi connectivity index (χ2n) is 5.48. The van der Waals surface area contributed by atoms with Gasteiger partial charge in [0, 0.05) is 6.54 Å². The summed E-state index contributed by atoms with van der Waals surface area (Å²) in [5, 5.41) is 2.64. The summed E-state index contributed by atoms with van der Waals surface area (Å²) in [6, 6.07) is 0. The zero-order valence-corrected chi connectivity index (χ0v) is 11.4. The van der Waals surface area contributed by atoms with Gasteiger partial charge in [0.2, 0.25) is 6.10 Å². The fourth-order valence-electron chi connectivity index (χ4n) is 2.52. The van der Waals surface area contributed by atoms with Gasteiger partial charge >= 0.3 is 12.4 Å². The Morgan fingerprint density at radius 2 is 1.55 bits per heavy atom. The number of alkyl halides is 6. The Bertz CT molecular complexity index is 292. The number of nitrogens with one attached hydrogen (secondary N) is 1. The molecule has 0 amide bonds. The van der Waals surface area contributed by atoms with Gasteiger partial charge < -0.3 is 10.1 Å². The van der Waals surface area contributed by atoms with Crippen LogP contribution in [-0.2, 0) is 4.74 Å². The third-order valence-electron chi connectivity index (χ3n) is 3.65. The summed E-state index contributed by atoms with van der Waals surface area (Å²) in [5.41, 5.74) is -1.41. The molecule has 0 heterocycles. The first-order valence-corrected chi connectivity index (χ1v) is 6.46. The smallest absolute Gasteiger partial charge is 0.353 e. The summed E-state index contributed by atoms with van der Waals surface area (Å²) >= 11 is 0. The molecule has 0 spiro atoms. The highest BCUT2D eigenvalue weighted by Crippen LogP contribution is 2.42. The lowest BCUT2D eigenvalue weighted by Gasteiger charge is -2.42. The molecule has 120 valence electrons. The van der Waals surface area contributed by atoms with Crippen LogP contribution < -0.4 is 5.32 Å². The zero-order valence-electron chi connectivity index (χ0n) is 11.4. The molecule has 0 radical (unpaired) electrons. The monoisotopic (exact) mass is 307 g/mol. The van der Waals surface area contributed by atoms with Gasteiger partial charge in [0.25, 0.3) is 0 Å². The van der Waals surface area contributed by atoms with Gasteiger partial charge in [0.05, 0.1) is 5.60 Å². The van der Waals surface area contributed by atoms with E-state index in [1.54, 1.807) is 0 Å². The minimum absolute atomic E-state index is 0.0254. The molecule has 1 saturated carbocycles. The highest BCUT2D eigenvalue weighted by atomic mass is 19.4. The Labute approximate surface area is 113 Å². The first kappa shape index (κ1) is 17.6. The highest BCUT2D eigenvalue weighted by molar-refractivity contribution is 4.91. The summed E-state index contributed by atoms with van der Waals surface area (Å²) < 4.78 is 80.1. The molecule has 8 heteroatoms. The minimum Gasteiger partial charge on any atom is -0.353 e. The molecule has 1 N–H and O–H groups in total. The predicted molar refractivity (Wildman–Crippen MR) is 61.3 cm³/mol. The Morgan fingerprint density at radius 3 is 1.90 bits per heavy atom. The predicted octanol–water partition coefficient (Wildman–Crippen LogP) is 3.66. The zero-order chi connectivity index (χ0) is 15.6. The van der Waals surface area contributed by atoms with Gasteiger partial charge in [-0.2, -0.15) is 26.3 Å². The van der Waals surface area contributed by atoms with Crippen LogP contribution in [0, 0.1) is 5.92 Å². The maximum Gasteiger partial charge on any atom is 0.423 e. The number of hydrogen-bond donors (Lipinski definition) is 1. The molecule has 0 aromatic heterocycles. The third-order valence-corrected chi connectivity index (χ3v) is 3.65. The minimum atomic E-state index is -5.46. The lowest BCUT2D eigenvalue weighted by molar-refractivity contribution is -0.347. The molecule has 0 aromatic carbocycles. The van der Waals surface area contributed by atoms with E-state index in [0.717, 1.165) is 0 Å².